The van der Waals surface area contributed by atoms with E-state index in [2.05, 4.69) is 16.3 Å². The fourth-order valence-corrected chi connectivity index (χ4v) is 0.181. The first kappa shape index (κ1) is 22.9. The Morgan fingerprint density at radius 2 is 2.15 bits per heavy atom. The van der Waals surface area contributed by atoms with Gasteiger partial charge >= 0.3 is 5.97 Å². The van der Waals surface area contributed by atoms with Crippen molar-refractivity contribution in [1.82, 2.24) is 0 Å². The molecule has 0 spiro atoms. The molecular weight excluding hydrogens is 249 g/mol. The van der Waals surface area contributed by atoms with Gasteiger partial charge in [0.05, 0.1) is 0 Å². The molecule has 0 atom stereocenters. The molecule has 1 radical (unpaired) electrons. The molecule has 0 aromatic heterocycles. The van der Waals surface area contributed by atoms with Crippen molar-refractivity contribution in [3.8, 4) is 0 Å². The maximum absolute atomic E-state index is 10.2. The maximum Gasteiger partial charge on any atom is 0.331 e. The topological polar surface area (TPSA) is 79.5 Å². The number of carbonyl (C=O) groups is 1. The second-order valence-electron chi connectivity index (χ2n) is 1.05. The van der Waals surface area contributed by atoms with E-state index < -0.39 is 5.97 Å². The van der Waals surface area contributed by atoms with Gasteiger partial charge in [-0.05, 0) is 0 Å². The molecule has 0 aliphatic carbocycles. The van der Waals surface area contributed by atoms with Crippen LogP contribution < -0.4 is 0 Å². The van der Waals surface area contributed by atoms with E-state index in [-0.39, 0.29) is 46.9 Å². The third-order valence-corrected chi connectivity index (χ3v) is 0.503. The summed E-state index contributed by atoms with van der Waals surface area (Å²) in [5.41, 5.74) is 5.75. The Morgan fingerprint density at radius 3 is 2.46 bits per heavy atom. The largest absolute Gasteiger partial charge is 0.680 e. The molecule has 0 aromatic rings. The number of nitrogens with zero attached hydrogens (tertiary/aromatic N) is 1. The average Bonchev–Trinajstić information content (AvgIpc) is 2.08. The summed E-state index contributed by atoms with van der Waals surface area (Å²) in [6, 6.07) is 0. The number of aliphatic imine (C=N–C) groups is 1. The van der Waals surface area contributed by atoms with Gasteiger partial charge < -0.3 is 17.9 Å². The van der Waals surface area contributed by atoms with E-state index in [1.807, 2.05) is 0 Å². The average molecular weight is 261 g/mol. The van der Waals surface area contributed by atoms with E-state index in [4.69, 9.17) is 5.73 Å². The summed E-state index contributed by atoms with van der Waals surface area (Å²) in [7, 11) is 1.25. The van der Waals surface area contributed by atoms with Gasteiger partial charge in [-0.25, -0.2) is 9.59 Å². The molecule has 1 N–H and O–H groups in total. The summed E-state index contributed by atoms with van der Waals surface area (Å²) in [5, 5.41) is 0. The van der Waals surface area contributed by atoms with Gasteiger partial charge in [-0.3, -0.25) is 0 Å². The van der Waals surface area contributed by atoms with Gasteiger partial charge in [0.25, 0.3) is 0 Å². The van der Waals surface area contributed by atoms with Crippen LogP contribution in [0.1, 0.15) is 0 Å². The molecule has 0 aliphatic rings. The predicted octanol–water partition coefficient (Wildman–Crippen LogP) is 1.13. The van der Waals surface area contributed by atoms with Gasteiger partial charge in [0.1, 0.15) is 0 Å². The number of nitrogens with one attached hydrogen (secondary N) is 1. The van der Waals surface area contributed by atoms with Crippen LogP contribution in [0.15, 0.2) is 17.6 Å². The molecule has 73 valence electrons. The van der Waals surface area contributed by atoms with Crippen molar-refractivity contribution in [2.24, 2.45) is 4.99 Å². The van der Waals surface area contributed by atoms with E-state index >= 15 is 0 Å². The van der Waals surface area contributed by atoms with Crippen molar-refractivity contribution in [3.05, 3.63) is 25.8 Å². The van der Waals surface area contributed by atoms with E-state index in [1.54, 1.807) is 0 Å². The number of esters is 1. The maximum atomic E-state index is 10.2. The molecule has 0 aliphatic heterocycles. The Kier molecular flexibility index (Phi) is 39.9. The number of hydrogen-bond acceptors (Lipinski definition) is 4. The van der Waals surface area contributed by atoms with Crippen LogP contribution in [0.3, 0.4) is 0 Å². The molecule has 0 saturated heterocycles. The van der Waals surface area contributed by atoms with Crippen LogP contribution in [-0.2, 0) is 47.0 Å². The summed E-state index contributed by atoms with van der Waals surface area (Å²) in [6.07, 6.45) is 2.20. The zero-order chi connectivity index (χ0) is 9.11. The number of isocyanates is 1. The minimum absolute atomic E-state index is 0. The molecule has 0 amide bonds. The van der Waals surface area contributed by atoms with E-state index in [0.29, 0.717) is 0 Å². The third-order valence-electron chi connectivity index (χ3n) is 0.503. The summed E-state index contributed by atoms with van der Waals surface area (Å²) in [5.74, 6) is -0.603. The van der Waals surface area contributed by atoms with Crippen LogP contribution >= 0.6 is 0 Å². The second kappa shape index (κ2) is 22.6. The van der Waals surface area contributed by atoms with Gasteiger partial charge in [-0.1, -0.05) is 6.58 Å². The van der Waals surface area contributed by atoms with Crippen molar-refractivity contribution >= 4 is 12.0 Å². The number of carbonyl (C=O) groups excluding carboxylic acids is 2. The van der Waals surface area contributed by atoms with Crippen molar-refractivity contribution in [1.29, 1.82) is 0 Å². The fraction of sp³-hybridized carbons (Fsp3) is 0.286. The molecule has 0 saturated carbocycles. The van der Waals surface area contributed by atoms with Crippen molar-refractivity contribution in [3.63, 3.8) is 0 Å². The van der Waals surface area contributed by atoms with Crippen molar-refractivity contribution in [2.75, 3.05) is 13.8 Å². The first-order valence-corrected chi connectivity index (χ1v) is 2.64. The molecule has 6 heteroatoms. The zero-order valence-corrected chi connectivity index (χ0v) is 10.6. The van der Waals surface area contributed by atoms with E-state index in [1.165, 1.54) is 13.1 Å². The Morgan fingerprint density at radius 1 is 1.69 bits per heavy atom. The van der Waals surface area contributed by atoms with Gasteiger partial charge in [-0.15, -0.1) is 0 Å². The summed E-state index contributed by atoms with van der Waals surface area (Å²) in [6.45, 7) is 2.84. The third kappa shape index (κ3) is 24.5. The molecule has 0 aromatic carbocycles. The monoisotopic (exact) mass is 261 g/mol. The van der Waals surface area contributed by atoms with E-state index in [9.17, 15) is 9.59 Å². The Bertz CT molecular complexity index is 167. The van der Waals surface area contributed by atoms with Crippen LogP contribution in [0.2, 0.25) is 0 Å². The number of hydrogen-bond donors (Lipinski definition) is 0. The smallest absolute Gasteiger partial charge is 0.331 e. The van der Waals surface area contributed by atoms with Crippen LogP contribution in [0.25, 0.3) is 5.73 Å². The molecule has 0 rings (SSSR count). The standard InChI is InChI=1S/C5H5NO3.CH4N.CH3.Y/c1-2-5(8)9-4-6-3-7;1-2;;/h2H,1,4H2;2H,1H3;1H3;/q;2*-1;. The van der Waals surface area contributed by atoms with Crippen molar-refractivity contribution < 1.29 is 47.0 Å². The molecular formula is C7H12N2O3Y-2. The summed E-state index contributed by atoms with van der Waals surface area (Å²) >= 11 is 0. The number of rotatable bonds is 3. The van der Waals surface area contributed by atoms with Crippen LogP contribution in [0.5, 0.6) is 0 Å². The summed E-state index contributed by atoms with van der Waals surface area (Å²) < 4.78 is 4.25. The zero-order valence-electron chi connectivity index (χ0n) is 7.74. The van der Waals surface area contributed by atoms with Gasteiger partial charge in [0, 0.05) is 38.8 Å². The minimum atomic E-state index is -0.603. The molecule has 0 bridgehead atoms. The van der Waals surface area contributed by atoms with Gasteiger partial charge in [0.15, 0.2) is 6.73 Å². The van der Waals surface area contributed by atoms with Gasteiger partial charge in [0.2, 0.25) is 6.08 Å². The Balaban J connectivity index is -0.0000000941. The Labute approximate surface area is 103 Å². The van der Waals surface area contributed by atoms with E-state index in [0.717, 1.165) is 6.08 Å². The Hall–Kier alpha value is -0.346. The van der Waals surface area contributed by atoms with Crippen LogP contribution in [-0.4, -0.2) is 25.8 Å². The van der Waals surface area contributed by atoms with Gasteiger partial charge in [-0.2, -0.15) is 12.0 Å². The first-order valence-electron chi connectivity index (χ1n) is 2.64. The SMILES string of the molecule is C=CC(=O)OCN=C=O.C[NH-].[CH3-].[Y]. The quantitative estimate of drug-likeness (QED) is 0.251. The number of ether oxygens (including phenoxy) is 1. The molecule has 5 nitrogen and oxygen atoms in total. The van der Waals surface area contributed by atoms with Crippen LogP contribution in [0, 0.1) is 7.43 Å². The molecule has 0 heterocycles. The van der Waals surface area contributed by atoms with Crippen LogP contribution in [0.4, 0.5) is 0 Å². The minimum Gasteiger partial charge on any atom is -0.680 e. The van der Waals surface area contributed by atoms with Crippen molar-refractivity contribution in [2.45, 2.75) is 0 Å². The summed E-state index contributed by atoms with van der Waals surface area (Å²) in [4.78, 5) is 22.5. The first-order chi connectivity index (χ1) is 5.31. The second-order valence-corrected chi connectivity index (χ2v) is 1.05. The molecule has 0 fully saturated rings. The predicted molar refractivity (Wildman–Crippen MR) is 45.9 cm³/mol. The molecule has 0 unspecified atom stereocenters. The fourth-order valence-electron chi connectivity index (χ4n) is 0.181. The molecule has 13 heavy (non-hydrogen) atoms. The normalized spacial score (nSPS) is 5.38.